The Morgan fingerprint density at radius 2 is 1.80 bits per heavy atom. The van der Waals surface area contributed by atoms with Crippen LogP contribution in [-0.2, 0) is 13.1 Å². The molecular weight excluding hydrogens is 400 g/mol. The van der Waals surface area contributed by atoms with E-state index in [0.29, 0.717) is 30.3 Å². The van der Waals surface area contributed by atoms with Gasteiger partial charge in [0.15, 0.2) is 0 Å². The van der Waals surface area contributed by atoms with Crippen LogP contribution in [0, 0.1) is 0 Å². The van der Waals surface area contributed by atoms with Gasteiger partial charge in [0, 0.05) is 30.0 Å². The first-order chi connectivity index (χ1) is 14.6. The third-order valence-corrected chi connectivity index (χ3v) is 5.04. The standard InChI is InChI=1S/C23H21ClN4O2/c1-27(23(29)17-10-12-25-13-11-17)16-22-26-20-4-2-3-5-21(20)28(22)14-15-30-19-8-6-18(24)7-9-19/h2-13H,14-16H2,1H3. The summed E-state index contributed by atoms with van der Waals surface area (Å²) < 4.78 is 7.96. The van der Waals surface area contributed by atoms with E-state index in [1.54, 1.807) is 48.6 Å². The number of imidazole rings is 1. The first-order valence-corrected chi connectivity index (χ1v) is 9.97. The maximum absolute atomic E-state index is 12.7. The second-order valence-corrected chi connectivity index (χ2v) is 7.30. The van der Waals surface area contributed by atoms with Crippen molar-refractivity contribution in [3.05, 3.63) is 89.5 Å². The van der Waals surface area contributed by atoms with E-state index in [1.807, 2.05) is 36.4 Å². The average molecular weight is 421 g/mol. The van der Waals surface area contributed by atoms with Crippen molar-refractivity contribution in [2.24, 2.45) is 0 Å². The van der Waals surface area contributed by atoms with E-state index < -0.39 is 0 Å². The zero-order chi connectivity index (χ0) is 20.9. The number of para-hydroxylation sites is 2. The number of benzene rings is 2. The lowest BCUT2D eigenvalue weighted by atomic mass is 10.2. The third kappa shape index (κ3) is 4.44. The second kappa shape index (κ2) is 8.97. The monoisotopic (exact) mass is 420 g/mol. The van der Waals surface area contributed by atoms with Crippen molar-refractivity contribution >= 4 is 28.5 Å². The van der Waals surface area contributed by atoms with E-state index in [2.05, 4.69) is 9.55 Å². The molecule has 2 aromatic carbocycles. The number of rotatable bonds is 7. The van der Waals surface area contributed by atoms with E-state index in [9.17, 15) is 4.79 Å². The third-order valence-electron chi connectivity index (χ3n) is 4.78. The minimum Gasteiger partial charge on any atom is -0.492 e. The van der Waals surface area contributed by atoms with Crippen LogP contribution in [0.3, 0.4) is 0 Å². The predicted molar refractivity (Wildman–Crippen MR) is 117 cm³/mol. The number of pyridine rings is 1. The molecule has 0 aliphatic heterocycles. The first-order valence-electron chi connectivity index (χ1n) is 9.60. The quantitative estimate of drug-likeness (QED) is 0.443. The van der Waals surface area contributed by atoms with E-state index in [4.69, 9.17) is 21.3 Å². The maximum atomic E-state index is 12.7. The van der Waals surface area contributed by atoms with Gasteiger partial charge in [0.05, 0.1) is 24.1 Å². The van der Waals surface area contributed by atoms with Crippen LogP contribution in [0.4, 0.5) is 0 Å². The van der Waals surface area contributed by atoms with E-state index >= 15 is 0 Å². The minimum atomic E-state index is -0.0755. The Morgan fingerprint density at radius 1 is 1.07 bits per heavy atom. The van der Waals surface area contributed by atoms with E-state index in [1.165, 1.54) is 0 Å². The summed E-state index contributed by atoms with van der Waals surface area (Å²) in [5, 5.41) is 0.673. The molecule has 0 fully saturated rings. The minimum absolute atomic E-state index is 0.0755. The summed E-state index contributed by atoms with van der Waals surface area (Å²) in [4.78, 5) is 23.1. The fourth-order valence-corrected chi connectivity index (χ4v) is 3.41. The number of amides is 1. The fourth-order valence-electron chi connectivity index (χ4n) is 3.28. The molecule has 0 saturated carbocycles. The highest BCUT2D eigenvalue weighted by Gasteiger charge is 2.17. The summed E-state index contributed by atoms with van der Waals surface area (Å²) in [6, 6.07) is 18.6. The number of carbonyl (C=O) groups excluding carboxylic acids is 1. The molecule has 0 bridgehead atoms. The molecule has 30 heavy (non-hydrogen) atoms. The van der Waals surface area contributed by atoms with Crippen molar-refractivity contribution in [2.45, 2.75) is 13.1 Å². The number of aromatic nitrogens is 3. The van der Waals surface area contributed by atoms with Crippen LogP contribution in [0.15, 0.2) is 73.1 Å². The Labute approximate surface area is 179 Å². The zero-order valence-electron chi connectivity index (χ0n) is 16.5. The molecule has 0 N–H and O–H groups in total. The highest BCUT2D eigenvalue weighted by atomic mass is 35.5. The van der Waals surface area contributed by atoms with Crippen molar-refractivity contribution in [1.29, 1.82) is 0 Å². The largest absolute Gasteiger partial charge is 0.492 e. The smallest absolute Gasteiger partial charge is 0.254 e. The highest BCUT2D eigenvalue weighted by Crippen LogP contribution is 2.19. The molecule has 0 atom stereocenters. The van der Waals surface area contributed by atoms with Gasteiger partial charge in [0.25, 0.3) is 5.91 Å². The van der Waals surface area contributed by atoms with E-state index in [-0.39, 0.29) is 5.91 Å². The summed E-state index contributed by atoms with van der Waals surface area (Å²) in [6.45, 7) is 1.46. The number of halogens is 1. The molecule has 7 heteroatoms. The summed E-state index contributed by atoms with van der Waals surface area (Å²) in [5.74, 6) is 1.49. The first kappa shape index (κ1) is 19.9. The van der Waals surface area contributed by atoms with Crippen molar-refractivity contribution in [3.8, 4) is 5.75 Å². The van der Waals surface area contributed by atoms with Crippen molar-refractivity contribution in [3.63, 3.8) is 0 Å². The van der Waals surface area contributed by atoms with Crippen LogP contribution in [0.5, 0.6) is 5.75 Å². The Morgan fingerprint density at radius 3 is 2.57 bits per heavy atom. The molecule has 0 aliphatic carbocycles. The van der Waals surface area contributed by atoms with Crippen molar-refractivity contribution < 1.29 is 9.53 Å². The summed E-state index contributed by atoms with van der Waals surface area (Å²) in [6.07, 6.45) is 3.23. The Bertz CT molecular complexity index is 1140. The van der Waals surface area contributed by atoms with Gasteiger partial charge >= 0.3 is 0 Å². The normalized spacial score (nSPS) is 10.9. The molecule has 0 aliphatic rings. The second-order valence-electron chi connectivity index (χ2n) is 6.87. The molecule has 2 aromatic heterocycles. The molecule has 4 aromatic rings. The summed E-state index contributed by atoms with van der Waals surface area (Å²) in [5.41, 5.74) is 2.50. The van der Waals surface area contributed by atoms with Gasteiger partial charge in [-0.05, 0) is 48.5 Å². The van der Waals surface area contributed by atoms with Crippen LogP contribution in [-0.4, -0.2) is 39.0 Å². The van der Waals surface area contributed by atoms with Crippen LogP contribution < -0.4 is 4.74 Å². The maximum Gasteiger partial charge on any atom is 0.254 e. The molecule has 2 heterocycles. The highest BCUT2D eigenvalue weighted by molar-refractivity contribution is 6.30. The molecule has 4 rings (SSSR count). The topological polar surface area (TPSA) is 60.2 Å². The Hall–Kier alpha value is -3.38. The van der Waals surface area contributed by atoms with Crippen LogP contribution in [0.2, 0.25) is 5.02 Å². The molecule has 0 unspecified atom stereocenters. The molecule has 0 radical (unpaired) electrons. The predicted octanol–water partition coefficient (Wildman–Crippen LogP) is 4.44. The van der Waals surface area contributed by atoms with Crippen LogP contribution in [0.25, 0.3) is 11.0 Å². The molecule has 152 valence electrons. The molecule has 1 amide bonds. The van der Waals surface area contributed by atoms with Gasteiger partial charge in [-0.15, -0.1) is 0 Å². The molecule has 6 nitrogen and oxygen atoms in total. The Kier molecular flexibility index (Phi) is 5.95. The lowest BCUT2D eigenvalue weighted by Crippen LogP contribution is -2.28. The number of nitrogens with zero attached hydrogens (tertiary/aromatic N) is 4. The van der Waals surface area contributed by atoms with Gasteiger partial charge in [-0.25, -0.2) is 4.98 Å². The lowest BCUT2D eigenvalue weighted by Gasteiger charge is -2.18. The van der Waals surface area contributed by atoms with Gasteiger partial charge in [-0.1, -0.05) is 23.7 Å². The average Bonchev–Trinajstić information content (AvgIpc) is 3.12. The van der Waals surface area contributed by atoms with E-state index in [0.717, 1.165) is 22.6 Å². The molecule has 0 spiro atoms. The van der Waals surface area contributed by atoms with Crippen molar-refractivity contribution in [2.75, 3.05) is 13.7 Å². The zero-order valence-corrected chi connectivity index (χ0v) is 17.3. The van der Waals surface area contributed by atoms with Gasteiger partial charge in [0.2, 0.25) is 0 Å². The molecular formula is C23H21ClN4O2. The number of fused-ring (bicyclic) bond motifs is 1. The summed E-state index contributed by atoms with van der Waals surface area (Å²) in [7, 11) is 1.77. The lowest BCUT2D eigenvalue weighted by molar-refractivity contribution is 0.0780. The summed E-state index contributed by atoms with van der Waals surface area (Å²) >= 11 is 5.93. The van der Waals surface area contributed by atoms with Crippen LogP contribution >= 0.6 is 11.6 Å². The fraction of sp³-hybridized carbons (Fsp3) is 0.174. The van der Waals surface area contributed by atoms with Gasteiger partial charge < -0.3 is 14.2 Å². The number of hydrogen-bond acceptors (Lipinski definition) is 4. The van der Waals surface area contributed by atoms with Gasteiger partial charge in [-0.2, -0.15) is 0 Å². The number of ether oxygens (including phenoxy) is 1. The van der Waals surface area contributed by atoms with Gasteiger partial charge in [-0.3, -0.25) is 9.78 Å². The SMILES string of the molecule is CN(Cc1nc2ccccc2n1CCOc1ccc(Cl)cc1)C(=O)c1ccncc1. The van der Waals surface area contributed by atoms with Crippen molar-refractivity contribution in [1.82, 2.24) is 19.4 Å². The molecule has 0 saturated heterocycles. The van der Waals surface area contributed by atoms with Gasteiger partial charge in [0.1, 0.15) is 18.2 Å². The number of carbonyl (C=O) groups is 1. The van der Waals surface area contributed by atoms with Crippen LogP contribution in [0.1, 0.15) is 16.2 Å². The Balaban J connectivity index is 1.52. The number of hydrogen-bond donors (Lipinski definition) is 0.